The molecule has 15 heteroatoms. The summed E-state index contributed by atoms with van der Waals surface area (Å²) in [5, 5.41) is 26.1. The van der Waals surface area contributed by atoms with Crippen LogP contribution in [0, 0.1) is 36.5 Å². The Morgan fingerprint density at radius 2 is 1.63 bits per heavy atom. The van der Waals surface area contributed by atoms with E-state index in [1.807, 2.05) is 33.8 Å². The van der Waals surface area contributed by atoms with Gasteiger partial charge in [-0.2, -0.15) is 0 Å². The van der Waals surface area contributed by atoms with Gasteiger partial charge < -0.3 is 44.1 Å². The van der Waals surface area contributed by atoms with Gasteiger partial charge in [0.1, 0.15) is 29.0 Å². The number of aromatic hydroxyl groups is 1. The summed E-state index contributed by atoms with van der Waals surface area (Å²) in [5.74, 6) is -7.41. The number of carbonyl (C=O) groups excluding carboxylic acids is 5. The molecule has 338 valence electrons. The first kappa shape index (κ1) is 46.7. The summed E-state index contributed by atoms with van der Waals surface area (Å²) in [5.41, 5.74) is -1.84. The summed E-state index contributed by atoms with van der Waals surface area (Å²) >= 11 is 0. The topological polar surface area (TPSA) is 190 Å². The van der Waals surface area contributed by atoms with E-state index >= 15 is 4.79 Å². The van der Waals surface area contributed by atoms with Crippen LogP contribution in [0.2, 0.25) is 0 Å². The number of piperazine rings is 1. The van der Waals surface area contributed by atoms with E-state index < -0.39 is 82.1 Å². The molecule has 0 unspecified atom stereocenters. The number of carbonyl (C=O) groups is 5. The van der Waals surface area contributed by atoms with Gasteiger partial charge >= 0.3 is 11.8 Å². The van der Waals surface area contributed by atoms with Crippen molar-refractivity contribution >= 4 is 29.2 Å². The minimum Gasteiger partial charge on any atom is -0.507 e. The Labute approximate surface area is 364 Å². The fourth-order valence-corrected chi connectivity index (χ4v) is 9.57. The zero-order valence-corrected chi connectivity index (χ0v) is 38.0. The average Bonchev–Trinajstić information content (AvgIpc) is 3.48. The predicted octanol–water partition coefficient (Wildman–Crippen LogP) is 5.03. The van der Waals surface area contributed by atoms with Gasteiger partial charge in [-0.1, -0.05) is 59.8 Å². The van der Waals surface area contributed by atoms with E-state index in [1.54, 1.807) is 30.9 Å². The number of benzene rings is 1. The largest absolute Gasteiger partial charge is 0.507 e. The molecule has 1 aromatic rings. The number of nitrogens with zero attached hydrogens (tertiary/aromatic N) is 2. The Kier molecular flexibility index (Phi) is 13.4. The molecular formula is C47H63N3O12. The Morgan fingerprint density at radius 3 is 2.23 bits per heavy atom. The van der Waals surface area contributed by atoms with Crippen LogP contribution in [0.4, 0.5) is 0 Å². The molecule has 15 nitrogen and oxygen atoms in total. The number of aliphatic hydroxyl groups excluding tert-OH is 1. The summed E-state index contributed by atoms with van der Waals surface area (Å²) in [6, 6.07) is 0. The van der Waals surface area contributed by atoms with Gasteiger partial charge in [-0.15, -0.1) is 0 Å². The third-order valence-electron chi connectivity index (χ3n) is 13.5. The summed E-state index contributed by atoms with van der Waals surface area (Å²) in [4.78, 5) is 74.7. The van der Waals surface area contributed by atoms with Crippen LogP contribution in [0.25, 0.3) is 0 Å². The molecule has 1 aliphatic carbocycles. The molecule has 10 atom stereocenters. The third kappa shape index (κ3) is 8.36. The SMILES string of the molecule is CO[C@H]1/C=C/O[C@@]2(C)Oc3c(C)c(O)c4c(c3C2=O)C(=O)C(N2CCN(CC(C)C)CC2)=C(NC(=O)/C(C)=C\C=C\[C@]2(C)O[C@H]([C@@H](C)[C@@H](O)[C@@H](C)[C@H](OC(C)=O)[C@@H]1C)[C@H]2C)C4=O. The maximum absolute atomic E-state index is 15.0. The second-order valence-electron chi connectivity index (χ2n) is 18.4. The van der Waals surface area contributed by atoms with Crippen molar-refractivity contribution < 1.29 is 57.9 Å². The number of amides is 1. The van der Waals surface area contributed by atoms with E-state index in [-0.39, 0.29) is 57.3 Å². The highest BCUT2D eigenvalue weighted by molar-refractivity contribution is 6.32. The lowest BCUT2D eigenvalue weighted by Crippen LogP contribution is -2.60. The summed E-state index contributed by atoms with van der Waals surface area (Å²) in [6.45, 7) is 22.1. The molecule has 7 aliphatic heterocycles. The quantitative estimate of drug-likeness (QED) is 0.334. The van der Waals surface area contributed by atoms with Gasteiger partial charge in [0.25, 0.3) is 11.7 Å². The monoisotopic (exact) mass is 861 g/mol. The number of esters is 1. The van der Waals surface area contributed by atoms with Crippen molar-refractivity contribution in [1.82, 2.24) is 15.1 Å². The van der Waals surface area contributed by atoms with E-state index in [0.717, 1.165) is 6.54 Å². The lowest BCUT2D eigenvalue weighted by Gasteiger charge is -2.54. The normalized spacial score (nSPS) is 35.3. The number of aliphatic hydroxyl groups is 1. The average molecular weight is 862 g/mol. The van der Waals surface area contributed by atoms with Gasteiger partial charge in [0.05, 0.1) is 46.9 Å². The van der Waals surface area contributed by atoms with Gasteiger partial charge in [0, 0.05) is 88.5 Å². The van der Waals surface area contributed by atoms with Crippen molar-refractivity contribution in [3.63, 3.8) is 0 Å². The maximum atomic E-state index is 15.0. The van der Waals surface area contributed by atoms with E-state index in [0.29, 0.717) is 32.1 Å². The van der Waals surface area contributed by atoms with Gasteiger partial charge in [0.15, 0.2) is 0 Å². The zero-order valence-electron chi connectivity index (χ0n) is 38.0. The van der Waals surface area contributed by atoms with Crippen LogP contribution in [0.1, 0.15) is 106 Å². The van der Waals surface area contributed by atoms with Gasteiger partial charge in [-0.25, -0.2) is 0 Å². The number of allylic oxidation sites excluding steroid dienone is 4. The van der Waals surface area contributed by atoms with E-state index in [9.17, 15) is 29.4 Å². The molecule has 1 amide bonds. The molecular weight excluding hydrogens is 799 g/mol. The van der Waals surface area contributed by atoms with Crippen LogP contribution in [0.15, 0.2) is 47.5 Å². The molecule has 1 aromatic carbocycles. The molecule has 2 fully saturated rings. The van der Waals surface area contributed by atoms with Crippen LogP contribution in [0.3, 0.4) is 0 Å². The molecule has 8 aliphatic rings. The van der Waals surface area contributed by atoms with Crippen molar-refractivity contribution in [2.75, 3.05) is 39.8 Å². The first-order valence-electron chi connectivity index (χ1n) is 21.6. The highest BCUT2D eigenvalue weighted by Gasteiger charge is 2.54. The Morgan fingerprint density at radius 1 is 0.968 bits per heavy atom. The summed E-state index contributed by atoms with van der Waals surface area (Å²) in [6.07, 6.45) is 4.96. The maximum Gasteiger partial charge on any atom is 0.312 e. The second-order valence-corrected chi connectivity index (χ2v) is 18.4. The molecule has 7 heterocycles. The van der Waals surface area contributed by atoms with Crippen molar-refractivity contribution in [3.05, 3.63) is 69.8 Å². The molecule has 0 aromatic heterocycles. The number of methoxy groups -OCH3 is 1. The smallest absolute Gasteiger partial charge is 0.312 e. The van der Waals surface area contributed by atoms with Crippen LogP contribution in [-0.4, -0.2) is 125 Å². The van der Waals surface area contributed by atoms with Crippen LogP contribution < -0.4 is 10.1 Å². The van der Waals surface area contributed by atoms with Gasteiger partial charge in [-0.3, -0.25) is 28.9 Å². The zero-order chi connectivity index (χ0) is 45.7. The molecule has 9 rings (SSSR count). The third-order valence-corrected chi connectivity index (χ3v) is 13.5. The number of Topliss-reactive ketones (excluding diaryl/α,β-unsaturated/α-hetero) is 3. The molecule has 3 N–H and O–H groups in total. The molecule has 62 heavy (non-hydrogen) atoms. The number of hydrogen-bond acceptors (Lipinski definition) is 14. The first-order chi connectivity index (χ1) is 29.1. The highest BCUT2D eigenvalue weighted by Crippen LogP contribution is 2.49. The second kappa shape index (κ2) is 17.7. The minimum atomic E-state index is -2.05. The number of ether oxygens (including phenoxy) is 5. The van der Waals surface area contributed by atoms with Gasteiger partial charge in [-0.05, 0) is 32.8 Å². The summed E-state index contributed by atoms with van der Waals surface area (Å²) < 4.78 is 30.3. The highest BCUT2D eigenvalue weighted by atomic mass is 16.7. The number of rotatable bonds is 5. The first-order valence-corrected chi connectivity index (χ1v) is 21.6. The van der Waals surface area contributed by atoms with Crippen LogP contribution in [0.5, 0.6) is 11.5 Å². The van der Waals surface area contributed by atoms with Crippen LogP contribution >= 0.6 is 0 Å². The lowest BCUT2D eigenvalue weighted by atomic mass is 9.70. The number of phenolic OH excluding ortho intramolecular Hbond substituents is 1. The molecule has 7 bridgehead atoms. The number of hydrogen-bond donors (Lipinski definition) is 3. The van der Waals surface area contributed by atoms with Crippen LogP contribution in [-0.2, 0) is 28.5 Å². The van der Waals surface area contributed by atoms with E-state index in [4.69, 9.17) is 23.7 Å². The number of ketones is 3. The Balaban J connectivity index is 1.47. The van der Waals surface area contributed by atoms with Crippen molar-refractivity contribution in [1.29, 1.82) is 0 Å². The standard InChI is InChI=1S/C47H63N3O12/c1-23(2)22-49-17-19-50(20-18-49)36-35-39(54)33-32(40(36)55)34-43(28(7)38(33)53)62-47(11,44(34)56)59-21-15-31(58-12)25(4)41(60-30(9)51)26(5)37(52)27(6)42-29(8)46(10,61-42)16-13-14-24(3)45(57)48-35/h13-16,21,23,25-27,29,31,37,41-42,52-53H,17-20,22H2,1-12H3,(H,48,57)/b16-13+,21-15+,24-14-/t25-,26-,27+,29-,31+,37+,41-,42-,46+,47+/m1/s1. The predicted molar refractivity (Wildman–Crippen MR) is 228 cm³/mol. The molecule has 2 saturated heterocycles. The number of phenols is 1. The minimum absolute atomic E-state index is 0.0289. The fraction of sp³-hybridized carbons (Fsp3) is 0.596. The molecule has 0 spiro atoms. The van der Waals surface area contributed by atoms with Crippen molar-refractivity contribution in [3.8, 4) is 11.5 Å². The molecule has 0 radical (unpaired) electrons. The van der Waals surface area contributed by atoms with Crippen molar-refractivity contribution in [2.45, 2.75) is 112 Å². The van der Waals surface area contributed by atoms with Gasteiger partial charge in [0.2, 0.25) is 11.6 Å². The Hall–Kier alpha value is -4.83. The molecule has 0 saturated carbocycles. The Bertz CT molecular complexity index is 2130. The van der Waals surface area contributed by atoms with Crippen molar-refractivity contribution in [2.24, 2.45) is 29.6 Å². The lowest BCUT2D eigenvalue weighted by molar-refractivity contribution is -0.251. The number of nitrogens with one attached hydrogen (secondary N) is 1. The summed E-state index contributed by atoms with van der Waals surface area (Å²) in [7, 11) is 1.47. The van der Waals surface area contributed by atoms with E-state index in [1.165, 1.54) is 40.2 Å². The van der Waals surface area contributed by atoms with E-state index in [2.05, 4.69) is 24.1 Å². The fourth-order valence-electron chi connectivity index (χ4n) is 9.57.